The third-order valence-electron chi connectivity index (χ3n) is 1.98. The molecule has 1 aromatic rings. The van der Waals surface area contributed by atoms with Crippen LogP contribution in [0.4, 0.5) is 10.5 Å². The topological polar surface area (TPSA) is 63.0 Å². The van der Waals surface area contributed by atoms with Gasteiger partial charge in [0, 0.05) is 0 Å². The zero-order chi connectivity index (χ0) is 15.9. The second kappa shape index (κ2) is 8.22. The maximum absolute atomic E-state index is 11.7. The quantitative estimate of drug-likeness (QED) is 0.469. The Labute approximate surface area is 137 Å². The number of nitrogens with zero attached hydrogens (tertiary/aromatic N) is 2. The summed E-state index contributed by atoms with van der Waals surface area (Å²) in [6.07, 6.45) is 1.27. The minimum absolute atomic E-state index is 0.415. The first-order valence-corrected chi connectivity index (χ1v) is 8.32. The molecule has 21 heavy (non-hydrogen) atoms. The molecule has 113 valence electrons. The van der Waals surface area contributed by atoms with Crippen LogP contribution in [0.2, 0.25) is 0 Å². The average molecular weight is 371 g/mol. The van der Waals surface area contributed by atoms with Crippen LogP contribution < -0.4 is 5.32 Å². The molecule has 0 saturated heterocycles. The normalized spacial score (nSPS) is 13.0. The molecular formula is C14H18N3O2SSe. The third-order valence-corrected chi connectivity index (χ3v) is 2.94. The third kappa shape index (κ3) is 7.90. The van der Waals surface area contributed by atoms with Gasteiger partial charge < -0.3 is 0 Å². The Morgan fingerprint density at radius 2 is 1.90 bits per heavy atom. The predicted octanol–water partition coefficient (Wildman–Crippen LogP) is 3.09. The first kappa shape index (κ1) is 17.8. The van der Waals surface area contributed by atoms with E-state index >= 15 is 0 Å². The van der Waals surface area contributed by atoms with Crippen LogP contribution in [0.15, 0.2) is 40.3 Å². The molecule has 7 heteroatoms. The van der Waals surface area contributed by atoms with E-state index in [0.717, 1.165) is 5.69 Å². The number of aliphatic imine (C=N–C) groups is 2. The van der Waals surface area contributed by atoms with Gasteiger partial charge in [-0.1, -0.05) is 0 Å². The summed E-state index contributed by atoms with van der Waals surface area (Å²) >= 11 is 4.07. The van der Waals surface area contributed by atoms with E-state index in [0.29, 0.717) is 9.90 Å². The summed E-state index contributed by atoms with van der Waals surface area (Å²) in [6, 6.07) is 9.44. The first-order chi connectivity index (χ1) is 9.80. The fourth-order valence-corrected chi connectivity index (χ4v) is 2.15. The Morgan fingerprint density at radius 3 is 2.43 bits per heavy atom. The molecule has 0 unspecified atom stereocenters. The Bertz CT molecular complexity index is 539. The van der Waals surface area contributed by atoms with E-state index in [4.69, 9.17) is 4.74 Å². The number of benzene rings is 1. The molecule has 0 bridgehead atoms. The molecule has 0 fully saturated rings. The maximum atomic E-state index is 11.7. The van der Waals surface area contributed by atoms with Crippen LogP contribution in [0.1, 0.15) is 20.8 Å². The van der Waals surface area contributed by atoms with Crippen molar-refractivity contribution in [3.05, 3.63) is 30.3 Å². The van der Waals surface area contributed by atoms with E-state index in [1.807, 2.05) is 36.6 Å². The number of alkyl carbamates (subject to hydrolysis) is 1. The summed E-state index contributed by atoms with van der Waals surface area (Å²) in [5.74, 6) is 0. The number of carbonyl (C=O) groups is 1. The SMILES string of the molecule is CS/C(=N/C([Se])=Nc1ccccc1)NC(=O)OC(C)(C)C. The van der Waals surface area contributed by atoms with Crippen LogP contribution in [-0.4, -0.2) is 43.9 Å². The van der Waals surface area contributed by atoms with E-state index in [1.165, 1.54) is 11.8 Å². The number of hydrogen-bond donors (Lipinski definition) is 1. The molecule has 0 spiro atoms. The van der Waals surface area contributed by atoms with Crippen LogP contribution in [0.3, 0.4) is 0 Å². The summed E-state index contributed by atoms with van der Waals surface area (Å²) in [6.45, 7) is 5.41. The van der Waals surface area contributed by atoms with Gasteiger partial charge in [-0.25, -0.2) is 0 Å². The van der Waals surface area contributed by atoms with E-state index in [9.17, 15) is 4.79 Å². The number of rotatable bonds is 1. The molecule has 0 atom stereocenters. The summed E-state index contributed by atoms with van der Waals surface area (Å²) in [5, 5.41) is 3.01. The van der Waals surface area contributed by atoms with E-state index in [-0.39, 0.29) is 0 Å². The molecular weight excluding hydrogens is 353 g/mol. The molecule has 0 aliphatic carbocycles. The van der Waals surface area contributed by atoms with Crippen molar-refractivity contribution in [2.45, 2.75) is 26.4 Å². The summed E-state index contributed by atoms with van der Waals surface area (Å²) in [7, 11) is 0. The molecule has 1 rings (SSSR count). The Balaban J connectivity index is 2.75. The molecule has 5 nitrogen and oxygen atoms in total. The fourth-order valence-electron chi connectivity index (χ4n) is 1.24. The Morgan fingerprint density at radius 1 is 1.29 bits per heavy atom. The number of carbonyl (C=O) groups excluding carboxylic acids is 1. The van der Waals surface area contributed by atoms with Crippen molar-refractivity contribution >= 4 is 49.5 Å². The number of para-hydroxylation sites is 1. The van der Waals surface area contributed by atoms with Crippen LogP contribution in [0.5, 0.6) is 0 Å². The van der Waals surface area contributed by atoms with Crippen LogP contribution in [-0.2, 0) is 4.74 Å². The van der Waals surface area contributed by atoms with E-state index in [2.05, 4.69) is 31.3 Å². The molecule has 0 aliphatic rings. The number of hydrogen-bond acceptors (Lipinski definition) is 4. The minimum atomic E-state index is -0.549. The van der Waals surface area contributed by atoms with E-state index in [1.54, 1.807) is 20.8 Å². The number of amides is 1. The number of nitrogens with one attached hydrogen (secondary N) is 1. The van der Waals surface area contributed by atoms with Crippen molar-refractivity contribution in [1.29, 1.82) is 0 Å². The molecule has 1 aromatic carbocycles. The second-order valence-electron chi connectivity index (χ2n) is 4.98. The zero-order valence-corrected chi connectivity index (χ0v) is 14.9. The van der Waals surface area contributed by atoms with Gasteiger partial charge in [-0.15, -0.1) is 0 Å². The fraction of sp³-hybridized carbons (Fsp3) is 0.357. The monoisotopic (exact) mass is 372 g/mol. The van der Waals surface area contributed by atoms with Crippen molar-refractivity contribution < 1.29 is 9.53 Å². The van der Waals surface area contributed by atoms with Crippen molar-refractivity contribution in [2.75, 3.05) is 6.26 Å². The standard InChI is InChI=1S/C14H18N3O2SSe/c1-14(2,3)19-13(18)17-11(20-4)16-12(21)15-10-8-6-5-7-9-10/h5-9H,1-4H3,(H,15,16,17,18). The molecule has 1 amide bonds. The molecule has 0 saturated carbocycles. The van der Waals surface area contributed by atoms with Crippen molar-refractivity contribution in [2.24, 2.45) is 9.98 Å². The van der Waals surface area contributed by atoms with Crippen molar-refractivity contribution in [3.8, 4) is 0 Å². The van der Waals surface area contributed by atoms with Gasteiger partial charge >= 0.3 is 137 Å². The number of thioether (sulfide) groups is 1. The molecule has 0 aliphatic heterocycles. The Kier molecular flexibility index (Phi) is 6.95. The Hall–Kier alpha value is -1.30. The van der Waals surface area contributed by atoms with Crippen LogP contribution in [0.25, 0.3) is 0 Å². The van der Waals surface area contributed by atoms with Crippen LogP contribution in [0, 0.1) is 0 Å². The van der Waals surface area contributed by atoms with Crippen molar-refractivity contribution in [3.63, 3.8) is 0 Å². The van der Waals surface area contributed by atoms with Gasteiger partial charge in [-0.2, -0.15) is 0 Å². The van der Waals surface area contributed by atoms with Gasteiger partial charge in [0.15, 0.2) is 0 Å². The van der Waals surface area contributed by atoms with Crippen molar-refractivity contribution in [1.82, 2.24) is 5.32 Å². The van der Waals surface area contributed by atoms with Gasteiger partial charge in [-0.3, -0.25) is 0 Å². The molecule has 1 N–H and O–H groups in total. The van der Waals surface area contributed by atoms with Gasteiger partial charge in [0.1, 0.15) is 0 Å². The van der Waals surface area contributed by atoms with Gasteiger partial charge in [-0.05, 0) is 0 Å². The average Bonchev–Trinajstić information content (AvgIpc) is 2.36. The van der Waals surface area contributed by atoms with Gasteiger partial charge in [0.2, 0.25) is 0 Å². The summed E-state index contributed by atoms with van der Waals surface area (Å²) in [4.78, 5) is 20.2. The van der Waals surface area contributed by atoms with Gasteiger partial charge in [0.25, 0.3) is 0 Å². The number of amidine groups is 2. The van der Waals surface area contributed by atoms with Crippen LogP contribution >= 0.6 is 11.8 Å². The van der Waals surface area contributed by atoms with Gasteiger partial charge in [0.05, 0.1) is 0 Å². The second-order valence-corrected chi connectivity index (χ2v) is 6.54. The first-order valence-electron chi connectivity index (χ1n) is 6.23. The zero-order valence-electron chi connectivity index (χ0n) is 12.4. The van der Waals surface area contributed by atoms with E-state index < -0.39 is 11.7 Å². The summed E-state index contributed by atoms with van der Waals surface area (Å²) in [5.41, 5.74) is 0.236. The molecule has 0 aromatic heterocycles. The number of ether oxygens (including phenoxy) is 1. The summed E-state index contributed by atoms with van der Waals surface area (Å²) < 4.78 is 5.61. The predicted molar refractivity (Wildman–Crippen MR) is 89.6 cm³/mol. The molecule has 1 radical (unpaired) electrons. The molecule has 0 heterocycles.